The third-order valence-electron chi connectivity index (χ3n) is 5.61. The Labute approximate surface area is 199 Å². The van der Waals surface area contributed by atoms with Crippen molar-refractivity contribution in [1.82, 2.24) is 10.6 Å². The van der Waals surface area contributed by atoms with Crippen LogP contribution in [0, 0.1) is 0 Å². The van der Waals surface area contributed by atoms with E-state index in [0.29, 0.717) is 0 Å². The van der Waals surface area contributed by atoms with Crippen LogP contribution >= 0.6 is 0 Å². The number of aliphatic carboxylic acids is 1. The van der Waals surface area contributed by atoms with Crippen LogP contribution in [0.2, 0.25) is 0 Å². The number of rotatable bonds is 8. The summed E-state index contributed by atoms with van der Waals surface area (Å²) in [5.74, 6) is -2.00. The molecule has 0 spiro atoms. The lowest BCUT2D eigenvalue weighted by molar-refractivity contribution is -0.146. The van der Waals surface area contributed by atoms with Crippen LogP contribution in [-0.4, -0.2) is 53.5 Å². The second-order valence-electron chi connectivity index (χ2n) is 9.86. The van der Waals surface area contributed by atoms with E-state index in [2.05, 4.69) is 10.6 Å². The topological polar surface area (TPSA) is 114 Å². The third kappa shape index (κ3) is 5.94. The summed E-state index contributed by atoms with van der Waals surface area (Å²) in [4.78, 5) is 36.8. The highest BCUT2D eigenvalue weighted by atomic mass is 16.5. The molecule has 3 rings (SSSR count). The predicted molar refractivity (Wildman–Crippen MR) is 128 cm³/mol. The Hall–Kier alpha value is -3.39. The highest BCUT2D eigenvalue weighted by molar-refractivity contribution is 5.92. The number of hydrogen-bond acceptors (Lipinski definition) is 5. The van der Waals surface area contributed by atoms with Gasteiger partial charge < -0.3 is 25.2 Å². The minimum absolute atomic E-state index is 0.106. The molecule has 3 N–H and O–H groups in total. The van der Waals surface area contributed by atoms with E-state index in [1.165, 1.54) is 13.8 Å². The molecule has 1 atom stereocenters. The maximum Gasteiger partial charge on any atom is 0.408 e. The molecule has 0 fully saturated rings. The van der Waals surface area contributed by atoms with Gasteiger partial charge in [0.2, 0.25) is 5.91 Å². The standard InChI is InChI=1S/C26H32N2O6/c1-25(2,3)34-15-21(22(29)30)27-23(31)26(4,5)28-24(32)33-14-20-18-12-8-6-10-16(18)17-11-7-9-13-19(17)20/h6-13,20-21H,14-15H2,1-5H3,(H,27,31)(H,28,32)(H,29,30)/t21-/m0/s1. The molecule has 0 radical (unpaired) electrons. The highest BCUT2D eigenvalue weighted by Crippen LogP contribution is 2.44. The molecule has 34 heavy (non-hydrogen) atoms. The van der Waals surface area contributed by atoms with Crippen molar-refractivity contribution in [2.45, 2.75) is 57.7 Å². The zero-order chi connectivity index (χ0) is 25.1. The van der Waals surface area contributed by atoms with Gasteiger partial charge >= 0.3 is 12.1 Å². The van der Waals surface area contributed by atoms with Crippen LogP contribution in [0.3, 0.4) is 0 Å². The second kappa shape index (κ2) is 9.85. The van der Waals surface area contributed by atoms with Crippen molar-refractivity contribution in [2.75, 3.05) is 13.2 Å². The third-order valence-corrected chi connectivity index (χ3v) is 5.61. The fourth-order valence-corrected chi connectivity index (χ4v) is 3.79. The number of fused-ring (bicyclic) bond motifs is 3. The SMILES string of the molecule is CC(C)(C)OC[C@H](NC(=O)C(C)(C)NC(=O)OCC1c2ccccc2-c2ccccc21)C(=O)O. The number of carboxylic acids is 1. The minimum atomic E-state index is -1.40. The first-order valence-corrected chi connectivity index (χ1v) is 11.2. The number of benzene rings is 2. The van der Waals surface area contributed by atoms with E-state index < -0.39 is 35.2 Å². The van der Waals surface area contributed by atoms with Crippen molar-refractivity contribution in [3.05, 3.63) is 59.7 Å². The zero-order valence-electron chi connectivity index (χ0n) is 20.2. The van der Waals surface area contributed by atoms with E-state index in [0.717, 1.165) is 22.3 Å². The molecule has 1 aliphatic carbocycles. The molecule has 2 aromatic carbocycles. The maximum atomic E-state index is 12.7. The summed E-state index contributed by atoms with van der Waals surface area (Å²) in [6.07, 6.45) is -0.764. The molecule has 0 heterocycles. The lowest BCUT2D eigenvalue weighted by atomic mass is 9.98. The van der Waals surface area contributed by atoms with Gasteiger partial charge in [0.15, 0.2) is 6.04 Å². The van der Waals surface area contributed by atoms with Crippen molar-refractivity contribution in [1.29, 1.82) is 0 Å². The average molecular weight is 469 g/mol. The molecule has 0 aromatic heterocycles. The molecular formula is C26H32N2O6. The summed E-state index contributed by atoms with van der Waals surface area (Å²) in [6, 6.07) is 14.7. The van der Waals surface area contributed by atoms with Crippen LogP contribution in [0.25, 0.3) is 11.1 Å². The van der Waals surface area contributed by atoms with E-state index in [1.54, 1.807) is 20.8 Å². The van der Waals surface area contributed by atoms with E-state index in [9.17, 15) is 19.5 Å². The Morgan fingerprint density at radius 1 is 0.941 bits per heavy atom. The number of nitrogens with one attached hydrogen (secondary N) is 2. The van der Waals surface area contributed by atoms with Crippen molar-refractivity contribution >= 4 is 18.0 Å². The number of hydrogen-bond donors (Lipinski definition) is 3. The minimum Gasteiger partial charge on any atom is -0.480 e. The van der Waals surface area contributed by atoms with E-state index >= 15 is 0 Å². The summed E-state index contributed by atoms with van der Waals surface area (Å²) in [7, 11) is 0. The van der Waals surface area contributed by atoms with E-state index in [1.807, 2.05) is 48.5 Å². The van der Waals surface area contributed by atoms with Gasteiger partial charge in [0.05, 0.1) is 12.2 Å². The highest BCUT2D eigenvalue weighted by Gasteiger charge is 2.35. The van der Waals surface area contributed by atoms with Gasteiger partial charge in [0.1, 0.15) is 12.1 Å². The van der Waals surface area contributed by atoms with Gasteiger partial charge in [-0.2, -0.15) is 0 Å². The first-order chi connectivity index (χ1) is 15.9. The van der Waals surface area contributed by atoms with Crippen molar-refractivity contribution in [3.63, 3.8) is 0 Å². The number of carboxylic acid groups (broad SMARTS) is 1. The van der Waals surface area contributed by atoms with Gasteiger partial charge in [-0.05, 0) is 56.9 Å². The molecule has 0 aliphatic heterocycles. The van der Waals surface area contributed by atoms with Crippen LogP contribution in [0.5, 0.6) is 0 Å². The molecule has 182 valence electrons. The summed E-state index contributed by atoms with van der Waals surface area (Å²) >= 11 is 0. The Bertz CT molecular complexity index is 1030. The Kier molecular flexibility index (Phi) is 7.31. The molecule has 2 amide bonds. The number of alkyl carbamates (subject to hydrolysis) is 1. The fourth-order valence-electron chi connectivity index (χ4n) is 3.79. The maximum absolute atomic E-state index is 12.7. The van der Waals surface area contributed by atoms with Gasteiger partial charge in [0, 0.05) is 5.92 Å². The van der Waals surface area contributed by atoms with Gasteiger partial charge in [-0.15, -0.1) is 0 Å². The summed E-state index contributed by atoms with van der Waals surface area (Å²) in [6.45, 7) is 8.23. The quantitative estimate of drug-likeness (QED) is 0.545. The number of ether oxygens (including phenoxy) is 2. The molecule has 0 bridgehead atoms. The Balaban J connectivity index is 1.61. The first kappa shape index (κ1) is 25.2. The molecule has 8 nitrogen and oxygen atoms in total. The first-order valence-electron chi connectivity index (χ1n) is 11.2. The summed E-state index contributed by atoms with van der Waals surface area (Å²) < 4.78 is 11.0. The smallest absolute Gasteiger partial charge is 0.408 e. The van der Waals surface area contributed by atoms with Crippen molar-refractivity contribution in [3.8, 4) is 11.1 Å². The van der Waals surface area contributed by atoms with E-state index in [-0.39, 0.29) is 19.1 Å². The lowest BCUT2D eigenvalue weighted by Crippen LogP contribution is -2.59. The lowest BCUT2D eigenvalue weighted by Gasteiger charge is -2.28. The molecular weight excluding hydrogens is 436 g/mol. The molecule has 2 aromatic rings. The molecule has 1 aliphatic rings. The molecule has 0 saturated carbocycles. The number of carbonyl (C=O) groups is 3. The van der Waals surface area contributed by atoms with Gasteiger partial charge in [-0.3, -0.25) is 4.79 Å². The van der Waals surface area contributed by atoms with Gasteiger partial charge in [-0.1, -0.05) is 48.5 Å². The van der Waals surface area contributed by atoms with Gasteiger partial charge in [0.25, 0.3) is 0 Å². The van der Waals surface area contributed by atoms with Crippen molar-refractivity contribution in [2.24, 2.45) is 0 Å². The molecule has 0 unspecified atom stereocenters. The molecule has 0 saturated heterocycles. The molecule has 8 heteroatoms. The van der Waals surface area contributed by atoms with Crippen LogP contribution < -0.4 is 10.6 Å². The Morgan fingerprint density at radius 2 is 1.47 bits per heavy atom. The summed E-state index contributed by atoms with van der Waals surface area (Å²) in [5.41, 5.74) is 2.42. The fraction of sp³-hybridized carbons (Fsp3) is 0.423. The monoisotopic (exact) mass is 468 g/mol. The largest absolute Gasteiger partial charge is 0.480 e. The summed E-state index contributed by atoms with van der Waals surface area (Å²) in [5, 5.41) is 14.4. The predicted octanol–water partition coefficient (Wildman–Crippen LogP) is 3.69. The normalized spacial score (nSPS) is 14.0. The van der Waals surface area contributed by atoms with Crippen LogP contribution in [-0.2, 0) is 19.1 Å². The van der Waals surface area contributed by atoms with Crippen LogP contribution in [0.4, 0.5) is 4.79 Å². The average Bonchev–Trinajstić information content (AvgIpc) is 3.07. The van der Waals surface area contributed by atoms with Crippen LogP contribution in [0.15, 0.2) is 48.5 Å². The van der Waals surface area contributed by atoms with Gasteiger partial charge in [-0.25, -0.2) is 9.59 Å². The second-order valence-corrected chi connectivity index (χ2v) is 9.86. The zero-order valence-corrected chi connectivity index (χ0v) is 20.2. The number of carbonyl (C=O) groups excluding carboxylic acids is 2. The van der Waals surface area contributed by atoms with E-state index in [4.69, 9.17) is 9.47 Å². The Morgan fingerprint density at radius 3 is 1.97 bits per heavy atom. The van der Waals surface area contributed by atoms with Crippen molar-refractivity contribution < 1.29 is 29.0 Å². The number of amides is 2. The van der Waals surface area contributed by atoms with Crippen LogP contribution in [0.1, 0.15) is 51.7 Å².